The molecule has 118 valence electrons. The first kappa shape index (κ1) is 19.3. The fourth-order valence-corrected chi connectivity index (χ4v) is 1.85. The van der Waals surface area contributed by atoms with Crippen LogP contribution in [0.25, 0.3) is 0 Å². The van der Waals surface area contributed by atoms with Crippen molar-refractivity contribution in [1.29, 1.82) is 0 Å². The van der Waals surface area contributed by atoms with Gasteiger partial charge in [0.1, 0.15) is 30.6 Å². The first-order chi connectivity index (χ1) is 9.38. The molecular formula is C11H22N2O6S. The monoisotopic (exact) mass is 310 g/mol. The first-order valence-electron chi connectivity index (χ1n) is 6.01. The lowest BCUT2D eigenvalue weighted by Crippen LogP contribution is -2.53. The van der Waals surface area contributed by atoms with Crippen LogP contribution in [0.3, 0.4) is 0 Å². The van der Waals surface area contributed by atoms with Gasteiger partial charge in [0.2, 0.25) is 0 Å². The van der Waals surface area contributed by atoms with Gasteiger partial charge in [-0.2, -0.15) is 11.8 Å². The van der Waals surface area contributed by atoms with Gasteiger partial charge in [-0.3, -0.25) is 4.79 Å². The Bertz CT molecular complexity index is 307. The average Bonchev–Trinajstić information content (AvgIpc) is 2.47. The Hall–Kier alpha value is -0.710. The summed E-state index contributed by atoms with van der Waals surface area (Å²) in [6.45, 7) is -0.765. The summed E-state index contributed by atoms with van der Waals surface area (Å²) in [6.07, 6.45) is -2.24. The van der Waals surface area contributed by atoms with Crippen molar-refractivity contribution in [3.05, 3.63) is 0 Å². The topological polar surface area (TPSA) is 156 Å². The van der Waals surface area contributed by atoms with Gasteiger partial charge < -0.3 is 36.3 Å². The van der Waals surface area contributed by atoms with Crippen LogP contribution in [0.4, 0.5) is 0 Å². The molecule has 9 heteroatoms. The minimum absolute atomic E-state index is 0.276. The molecular weight excluding hydrogens is 288 g/mol. The van der Waals surface area contributed by atoms with E-state index in [0.29, 0.717) is 12.2 Å². The van der Waals surface area contributed by atoms with Crippen LogP contribution < -0.4 is 11.5 Å². The molecule has 5 atom stereocenters. The van der Waals surface area contributed by atoms with E-state index < -0.39 is 43.0 Å². The van der Waals surface area contributed by atoms with Crippen LogP contribution >= 0.6 is 11.8 Å². The molecule has 0 saturated heterocycles. The van der Waals surface area contributed by atoms with Crippen LogP contribution in [0.2, 0.25) is 0 Å². The van der Waals surface area contributed by atoms with Crippen LogP contribution in [0.15, 0.2) is 0 Å². The molecule has 0 saturated carbocycles. The highest BCUT2D eigenvalue weighted by Crippen LogP contribution is 2.10. The highest BCUT2D eigenvalue weighted by atomic mass is 32.2. The van der Waals surface area contributed by atoms with Crippen molar-refractivity contribution in [2.75, 3.05) is 18.6 Å². The third-order valence-corrected chi connectivity index (χ3v) is 3.29. The van der Waals surface area contributed by atoms with E-state index in [-0.39, 0.29) is 6.29 Å². The molecule has 0 bridgehead atoms. The second kappa shape index (κ2) is 10.1. The molecule has 0 fully saturated rings. The summed E-state index contributed by atoms with van der Waals surface area (Å²) in [7, 11) is 0. The number of carbonyl (C=O) groups is 2. The number of esters is 1. The second-order valence-corrected chi connectivity index (χ2v) is 5.23. The lowest BCUT2D eigenvalue weighted by atomic mass is 10.0. The highest BCUT2D eigenvalue weighted by molar-refractivity contribution is 7.98. The van der Waals surface area contributed by atoms with E-state index in [1.807, 2.05) is 6.26 Å². The van der Waals surface area contributed by atoms with Crippen molar-refractivity contribution in [3.63, 3.8) is 0 Å². The molecule has 0 aromatic rings. The summed E-state index contributed by atoms with van der Waals surface area (Å²) in [4.78, 5) is 22.4. The van der Waals surface area contributed by atoms with E-state index in [4.69, 9.17) is 21.3 Å². The highest BCUT2D eigenvalue weighted by Gasteiger charge is 2.35. The van der Waals surface area contributed by atoms with Crippen LogP contribution in [0.1, 0.15) is 6.42 Å². The molecule has 0 aliphatic carbocycles. The number of rotatable bonds is 10. The molecule has 1 unspecified atom stereocenters. The van der Waals surface area contributed by atoms with E-state index in [0.717, 1.165) is 0 Å². The minimum Gasteiger partial charge on any atom is -0.456 e. The molecule has 0 rings (SSSR count). The van der Waals surface area contributed by atoms with E-state index in [2.05, 4.69) is 0 Å². The van der Waals surface area contributed by atoms with Gasteiger partial charge in [0.05, 0.1) is 6.61 Å². The third kappa shape index (κ3) is 6.16. The van der Waals surface area contributed by atoms with Gasteiger partial charge in [0, 0.05) is 0 Å². The zero-order valence-corrected chi connectivity index (χ0v) is 12.0. The Labute approximate surface area is 121 Å². The molecule has 0 amide bonds. The summed E-state index contributed by atoms with van der Waals surface area (Å²) in [5.41, 5.74) is 11.0. The van der Waals surface area contributed by atoms with Crippen LogP contribution in [-0.4, -0.2) is 76.6 Å². The van der Waals surface area contributed by atoms with E-state index in [9.17, 15) is 19.8 Å². The van der Waals surface area contributed by atoms with E-state index >= 15 is 0 Å². The molecule has 0 spiro atoms. The SMILES string of the molecule is CSCCC(N)C(=O)O[C@@H]([C@H](O)[C@H](O)CO)[C@@H](N)C=O. The largest absolute Gasteiger partial charge is 0.456 e. The van der Waals surface area contributed by atoms with Gasteiger partial charge in [0.15, 0.2) is 6.10 Å². The average molecular weight is 310 g/mol. The standard InChI is InChI=1S/C11H22N2O6S/c1-20-3-2-6(12)11(18)19-10(7(13)4-14)9(17)8(16)5-15/h4,6-10,15-17H,2-3,5,12-13H2,1H3/t6?,7-,8+,9+,10+/m0/s1. The zero-order chi connectivity index (χ0) is 15.7. The van der Waals surface area contributed by atoms with Gasteiger partial charge in [0.25, 0.3) is 0 Å². The zero-order valence-electron chi connectivity index (χ0n) is 11.2. The number of nitrogens with two attached hydrogens (primary N) is 2. The molecule has 0 aromatic carbocycles. The molecule has 0 aliphatic heterocycles. The number of hydrogen-bond donors (Lipinski definition) is 5. The van der Waals surface area contributed by atoms with Gasteiger partial charge in [-0.05, 0) is 18.4 Å². The van der Waals surface area contributed by atoms with Gasteiger partial charge >= 0.3 is 5.97 Å². The van der Waals surface area contributed by atoms with Crippen LogP contribution in [0.5, 0.6) is 0 Å². The molecule has 0 radical (unpaired) electrons. The Morgan fingerprint density at radius 1 is 1.40 bits per heavy atom. The van der Waals surface area contributed by atoms with Crippen molar-refractivity contribution in [2.24, 2.45) is 11.5 Å². The van der Waals surface area contributed by atoms with Crippen molar-refractivity contribution in [1.82, 2.24) is 0 Å². The van der Waals surface area contributed by atoms with Gasteiger partial charge in [-0.1, -0.05) is 0 Å². The second-order valence-electron chi connectivity index (χ2n) is 4.24. The van der Waals surface area contributed by atoms with Crippen LogP contribution in [-0.2, 0) is 14.3 Å². The Kier molecular flexibility index (Phi) is 9.72. The van der Waals surface area contributed by atoms with Crippen molar-refractivity contribution < 1.29 is 29.6 Å². The number of aliphatic hydroxyl groups excluding tert-OH is 3. The Morgan fingerprint density at radius 3 is 2.45 bits per heavy atom. The predicted octanol–water partition coefficient (Wildman–Crippen LogP) is -2.78. The minimum atomic E-state index is -1.68. The summed E-state index contributed by atoms with van der Waals surface area (Å²) in [5.74, 6) is -0.187. The molecule has 8 nitrogen and oxygen atoms in total. The van der Waals surface area contributed by atoms with Crippen molar-refractivity contribution in [2.45, 2.75) is 36.8 Å². The molecule has 0 aliphatic rings. The molecule has 0 aromatic heterocycles. The van der Waals surface area contributed by atoms with E-state index in [1.165, 1.54) is 11.8 Å². The lowest BCUT2D eigenvalue weighted by Gasteiger charge is -2.28. The Balaban J connectivity index is 4.72. The number of aliphatic hydroxyl groups is 3. The maximum Gasteiger partial charge on any atom is 0.323 e. The fraction of sp³-hybridized carbons (Fsp3) is 0.818. The summed E-state index contributed by atoms with van der Waals surface area (Å²) < 4.78 is 4.90. The molecule has 20 heavy (non-hydrogen) atoms. The van der Waals surface area contributed by atoms with Crippen LogP contribution in [0, 0.1) is 0 Å². The van der Waals surface area contributed by atoms with Crippen molar-refractivity contribution >= 4 is 24.0 Å². The first-order valence-corrected chi connectivity index (χ1v) is 7.41. The molecule has 0 heterocycles. The summed E-state index contributed by atoms with van der Waals surface area (Å²) in [6, 6.07) is -2.25. The smallest absolute Gasteiger partial charge is 0.323 e. The number of hydrogen-bond acceptors (Lipinski definition) is 9. The number of ether oxygens (including phenoxy) is 1. The lowest BCUT2D eigenvalue weighted by molar-refractivity contribution is -0.165. The third-order valence-electron chi connectivity index (χ3n) is 2.64. The fourth-order valence-electron chi connectivity index (χ4n) is 1.36. The normalized spacial score (nSPS) is 18.7. The number of carbonyl (C=O) groups excluding carboxylic acids is 2. The maximum atomic E-state index is 11.7. The molecule has 7 N–H and O–H groups in total. The van der Waals surface area contributed by atoms with Crippen molar-refractivity contribution in [3.8, 4) is 0 Å². The summed E-state index contributed by atoms with van der Waals surface area (Å²) >= 11 is 1.50. The van der Waals surface area contributed by atoms with Gasteiger partial charge in [-0.25, -0.2) is 0 Å². The van der Waals surface area contributed by atoms with Gasteiger partial charge in [-0.15, -0.1) is 0 Å². The Morgan fingerprint density at radius 2 is 2.00 bits per heavy atom. The maximum absolute atomic E-state index is 11.7. The summed E-state index contributed by atoms with van der Waals surface area (Å²) in [5, 5.41) is 27.8. The number of aldehydes is 1. The number of thioether (sulfide) groups is 1. The van der Waals surface area contributed by atoms with E-state index in [1.54, 1.807) is 0 Å². The predicted molar refractivity (Wildman–Crippen MR) is 74.0 cm³/mol. The quantitative estimate of drug-likeness (QED) is 0.213.